The van der Waals surface area contributed by atoms with Crippen LogP contribution in [0.3, 0.4) is 0 Å². The molecule has 0 aromatic heterocycles. The smallest absolute Gasteiger partial charge is 0.323 e. The van der Waals surface area contributed by atoms with Gasteiger partial charge in [-0.05, 0) is 19.3 Å². The fourth-order valence-corrected chi connectivity index (χ4v) is 1.84. The molecule has 4 nitrogen and oxygen atoms in total. The first kappa shape index (κ1) is 17.7. The zero-order valence-electron chi connectivity index (χ0n) is 12.4. The van der Waals surface area contributed by atoms with Crippen LogP contribution >= 0.6 is 0 Å². The van der Waals surface area contributed by atoms with Crippen molar-refractivity contribution in [2.75, 3.05) is 13.2 Å². The number of hydrogen-bond donors (Lipinski definition) is 0. The van der Waals surface area contributed by atoms with Crippen LogP contribution in [0.2, 0.25) is 0 Å². The van der Waals surface area contributed by atoms with Crippen molar-refractivity contribution in [3.63, 3.8) is 0 Å². The molecule has 0 aliphatic heterocycles. The van der Waals surface area contributed by atoms with Gasteiger partial charge in [-0.3, -0.25) is 9.59 Å². The fraction of sp³-hybridized carbons (Fsp3) is 0.733. The molecule has 0 heterocycles. The van der Waals surface area contributed by atoms with Crippen molar-refractivity contribution in [2.45, 2.75) is 52.9 Å². The molecule has 0 bridgehead atoms. The Morgan fingerprint density at radius 1 is 1.05 bits per heavy atom. The Bertz CT molecular complexity index is 293. The summed E-state index contributed by atoms with van der Waals surface area (Å²) in [5.74, 6) is -0.986. The van der Waals surface area contributed by atoms with Crippen LogP contribution in [0.4, 0.5) is 0 Å². The molecule has 0 amide bonds. The molecule has 0 fully saturated rings. The third-order valence-electron chi connectivity index (χ3n) is 3.30. The summed E-state index contributed by atoms with van der Waals surface area (Å²) in [5.41, 5.74) is -1.17. The van der Waals surface area contributed by atoms with Crippen LogP contribution in [0.15, 0.2) is 12.7 Å². The topological polar surface area (TPSA) is 52.6 Å². The van der Waals surface area contributed by atoms with Crippen molar-refractivity contribution >= 4 is 11.9 Å². The molecule has 0 aromatic rings. The second kappa shape index (κ2) is 9.59. The number of carbonyl (C=O) groups is 2. The minimum absolute atomic E-state index is 0.115. The largest absolute Gasteiger partial charge is 0.465 e. The van der Waals surface area contributed by atoms with E-state index in [1.807, 2.05) is 0 Å². The van der Waals surface area contributed by atoms with E-state index < -0.39 is 17.4 Å². The Hall–Kier alpha value is -1.32. The Morgan fingerprint density at radius 3 is 2.11 bits per heavy atom. The Labute approximate surface area is 116 Å². The highest BCUT2D eigenvalue weighted by atomic mass is 16.6. The molecule has 0 aromatic carbocycles. The van der Waals surface area contributed by atoms with Crippen molar-refractivity contribution in [3.05, 3.63) is 12.7 Å². The van der Waals surface area contributed by atoms with Gasteiger partial charge in [0, 0.05) is 0 Å². The van der Waals surface area contributed by atoms with Gasteiger partial charge in [0.15, 0.2) is 5.41 Å². The van der Waals surface area contributed by atoms with Gasteiger partial charge in [-0.15, -0.1) is 0 Å². The van der Waals surface area contributed by atoms with Gasteiger partial charge in [-0.25, -0.2) is 0 Å². The highest BCUT2D eigenvalue weighted by molar-refractivity contribution is 6.00. The Balaban J connectivity index is 4.62. The van der Waals surface area contributed by atoms with Crippen molar-refractivity contribution in [2.24, 2.45) is 5.41 Å². The molecular weight excluding hydrogens is 244 g/mol. The van der Waals surface area contributed by atoms with Crippen LogP contribution in [0.5, 0.6) is 0 Å². The van der Waals surface area contributed by atoms with Crippen LogP contribution in [0.1, 0.15) is 52.9 Å². The first-order chi connectivity index (χ1) is 9.08. The van der Waals surface area contributed by atoms with Gasteiger partial charge in [0.2, 0.25) is 0 Å². The van der Waals surface area contributed by atoms with Gasteiger partial charge in [-0.1, -0.05) is 46.3 Å². The standard InChI is InChI=1S/C15H26O4/c1-5-9-10-12-19-14(17)15(7-3,8-4)13(16)18-11-6-2/h6H,2,5,7-12H2,1,3-4H3. The third-order valence-corrected chi connectivity index (χ3v) is 3.30. The molecule has 0 aliphatic carbocycles. The van der Waals surface area contributed by atoms with Crippen molar-refractivity contribution in [3.8, 4) is 0 Å². The zero-order valence-corrected chi connectivity index (χ0v) is 12.4. The van der Waals surface area contributed by atoms with Crippen LogP contribution in [0, 0.1) is 5.41 Å². The van der Waals surface area contributed by atoms with Crippen LogP contribution < -0.4 is 0 Å². The minimum atomic E-state index is -1.17. The highest BCUT2D eigenvalue weighted by Gasteiger charge is 2.45. The first-order valence-corrected chi connectivity index (χ1v) is 7.04. The predicted octanol–water partition coefficient (Wildman–Crippen LogP) is 3.26. The number of esters is 2. The highest BCUT2D eigenvalue weighted by Crippen LogP contribution is 2.30. The minimum Gasteiger partial charge on any atom is -0.465 e. The molecule has 4 heteroatoms. The van der Waals surface area contributed by atoms with E-state index in [4.69, 9.17) is 9.47 Å². The molecule has 19 heavy (non-hydrogen) atoms. The molecule has 0 N–H and O–H groups in total. The summed E-state index contributed by atoms with van der Waals surface area (Å²) in [5, 5.41) is 0. The van der Waals surface area contributed by atoms with E-state index in [0.717, 1.165) is 19.3 Å². The lowest BCUT2D eigenvalue weighted by atomic mass is 9.82. The fourth-order valence-electron chi connectivity index (χ4n) is 1.84. The van der Waals surface area contributed by atoms with Crippen molar-refractivity contribution < 1.29 is 19.1 Å². The maximum absolute atomic E-state index is 12.1. The average Bonchev–Trinajstić information content (AvgIpc) is 2.43. The quantitative estimate of drug-likeness (QED) is 0.265. The van der Waals surface area contributed by atoms with Crippen molar-refractivity contribution in [1.29, 1.82) is 0 Å². The molecular formula is C15H26O4. The van der Waals surface area contributed by atoms with Crippen molar-refractivity contribution in [1.82, 2.24) is 0 Å². The summed E-state index contributed by atoms with van der Waals surface area (Å²) in [6.45, 7) is 9.64. The van der Waals surface area contributed by atoms with Crippen LogP contribution in [0.25, 0.3) is 0 Å². The van der Waals surface area contributed by atoms with Crippen LogP contribution in [-0.4, -0.2) is 25.2 Å². The molecule has 110 valence electrons. The molecule has 0 atom stereocenters. The van der Waals surface area contributed by atoms with Gasteiger partial charge >= 0.3 is 11.9 Å². The van der Waals surface area contributed by atoms with Gasteiger partial charge in [0.1, 0.15) is 6.61 Å². The number of carbonyl (C=O) groups excluding carboxylic acids is 2. The van der Waals surface area contributed by atoms with Gasteiger partial charge < -0.3 is 9.47 Å². The maximum Gasteiger partial charge on any atom is 0.323 e. The maximum atomic E-state index is 12.1. The van der Waals surface area contributed by atoms with E-state index in [9.17, 15) is 9.59 Å². The van der Waals surface area contributed by atoms with E-state index in [1.54, 1.807) is 13.8 Å². The second-order valence-corrected chi connectivity index (χ2v) is 4.52. The van der Waals surface area contributed by atoms with Crippen LogP contribution in [-0.2, 0) is 19.1 Å². The first-order valence-electron chi connectivity index (χ1n) is 7.04. The van der Waals surface area contributed by atoms with Gasteiger partial charge in [0.05, 0.1) is 6.61 Å². The number of unbranched alkanes of at least 4 members (excludes halogenated alkanes) is 2. The SMILES string of the molecule is C=CCOC(=O)C(CC)(CC)C(=O)OCCCCC. The van der Waals surface area contributed by atoms with Gasteiger partial charge in [-0.2, -0.15) is 0 Å². The molecule has 0 saturated carbocycles. The monoisotopic (exact) mass is 270 g/mol. The average molecular weight is 270 g/mol. The third kappa shape index (κ3) is 5.05. The van der Waals surface area contributed by atoms with E-state index in [0.29, 0.717) is 19.4 Å². The van der Waals surface area contributed by atoms with E-state index in [2.05, 4.69) is 13.5 Å². The summed E-state index contributed by atoms with van der Waals surface area (Å²) in [4.78, 5) is 24.2. The van der Waals surface area contributed by atoms with E-state index in [-0.39, 0.29) is 6.61 Å². The lowest BCUT2D eigenvalue weighted by Gasteiger charge is -2.26. The number of ether oxygens (including phenoxy) is 2. The second-order valence-electron chi connectivity index (χ2n) is 4.52. The predicted molar refractivity (Wildman–Crippen MR) is 74.7 cm³/mol. The Morgan fingerprint density at radius 2 is 1.63 bits per heavy atom. The number of hydrogen-bond acceptors (Lipinski definition) is 4. The summed E-state index contributed by atoms with van der Waals surface area (Å²) < 4.78 is 10.3. The molecule has 0 aliphatic rings. The molecule has 0 rings (SSSR count). The van der Waals surface area contributed by atoms with Gasteiger partial charge in [0.25, 0.3) is 0 Å². The molecule has 0 spiro atoms. The van der Waals surface area contributed by atoms with E-state index in [1.165, 1.54) is 6.08 Å². The Kier molecular flexibility index (Phi) is 8.92. The zero-order chi connectivity index (χ0) is 14.7. The molecule has 0 radical (unpaired) electrons. The molecule has 0 unspecified atom stereocenters. The van der Waals surface area contributed by atoms with E-state index >= 15 is 0 Å². The lowest BCUT2D eigenvalue weighted by Crippen LogP contribution is -2.41. The summed E-state index contributed by atoms with van der Waals surface area (Å²) in [7, 11) is 0. The summed E-state index contributed by atoms with van der Waals surface area (Å²) in [6.07, 6.45) is 5.15. The number of rotatable bonds is 10. The summed E-state index contributed by atoms with van der Waals surface area (Å²) in [6, 6.07) is 0. The molecule has 0 saturated heterocycles. The normalized spacial score (nSPS) is 10.9. The summed E-state index contributed by atoms with van der Waals surface area (Å²) >= 11 is 0. The lowest BCUT2D eigenvalue weighted by molar-refractivity contribution is -0.172.